The number of pyridine rings is 1. The summed E-state index contributed by atoms with van der Waals surface area (Å²) in [5, 5.41) is 22.9. The standard InChI is InChI=1S/C32H25ClN6O2/c1-38-19-36-18-29(38)32(40,23-7-3-22(17-34)4-8-23)24-9-12-28-26(16-24)30(33)27(31(37-28)41-2)15-21-5-10-25(11-6-21)39-14-13-35-20-39/h3-14,16,18-20,40H,15H2,1-2H3. The monoisotopic (exact) mass is 560 g/mol. The Morgan fingerprint density at radius 3 is 2.39 bits per heavy atom. The first-order chi connectivity index (χ1) is 19.9. The third-order valence-electron chi connectivity index (χ3n) is 7.33. The molecule has 0 saturated heterocycles. The second-order valence-electron chi connectivity index (χ2n) is 9.75. The number of aromatic nitrogens is 5. The fourth-order valence-electron chi connectivity index (χ4n) is 5.15. The molecule has 0 bridgehead atoms. The van der Waals surface area contributed by atoms with Crippen LogP contribution in [0.2, 0.25) is 5.02 Å². The summed E-state index contributed by atoms with van der Waals surface area (Å²) in [4.78, 5) is 13.1. The summed E-state index contributed by atoms with van der Waals surface area (Å²) in [6, 6.07) is 22.6. The molecular weight excluding hydrogens is 536 g/mol. The summed E-state index contributed by atoms with van der Waals surface area (Å²) in [7, 11) is 3.41. The molecule has 0 spiro atoms. The number of ether oxygens (including phenoxy) is 1. The van der Waals surface area contributed by atoms with Crippen LogP contribution in [0.4, 0.5) is 0 Å². The molecule has 202 valence electrons. The highest BCUT2D eigenvalue weighted by molar-refractivity contribution is 6.36. The third-order valence-corrected chi connectivity index (χ3v) is 7.76. The van der Waals surface area contributed by atoms with Gasteiger partial charge in [-0.25, -0.2) is 15.0 Å². The number of benzene rings is 3. The Morgan fingerprint density at radius 1 is 1.00 bits per heavy atom. The van der Waals surface area contributed by atoms with Crippen LogP contribution in [-0.4, -0.2) is 36.3 Å². The molecule has 1 N–H and O–H groups in total. The number of methoxy groups -OCH3 is 1. The van der Waals surface area contributed by atoms with Crippen LogP contribution in [0.5, 0.6) is 5.88 Å². The zero-order valence-corrected chi connectivity index (χ0v) is 23.1. The van der Waals surface area contributed by atoms with Gasteiger partial charge in [0, 0.05) is 42.5 Å². The molecule has 9 heteroatoms. The summed E-state index contributed by atoms with van der Waals surface area (Å²) in [5.41, 5.74) is 4.11. The van der Waals surface area contributed by atoms with E-state index < -0.39 is 5.60 Å². The summed E-state index contributed by atoms with van der Waals surface area (Å²) in [5.74, 6) is 0.447. The van der Waals surface area contributed by atoms with E-state index in [1.165, 1.54) is 0 Å². The number of halogens is 1. The highest BCUT2D eigenvalue weighted by Crippen LogP contribution is 2.40. The highest BCUT2D eigenvalue weighted by atomic mass is 35.5. The molecule has 3 aromatic carbocycles. The summed E-state index contributed by atoms with van der Waals surface area (Å²) < 4.78 is 9.37. The number of rotatable bonds is 7. The fourth-order valence-corrected chi connectivity index (χ4v) is 5.44. The molecule has 0 amide bonds. The van der Waals surface area contributed by atoms with E-state index in [0.717, 1.165) is 16.8 Å². The molecule has 41 heavy (non-hydrogen) atoms. The van der Waals surface area contributed by atoms with Crippen LogP contribution >= 0.6 is 11.6 Å². The number of hydrogen-bond donors (Lipinski definition) is 1. The topological polar surface area (TPSA) is 102 Å². The zero-order chi connectivity index (χ0) is 28.6. The molecule has 1 unspecified atom stereocenters. The average molecular weight is 561 g/mol. The van der Waals surface area contributed by atoms with Gasteiger partial charge in [0.15, 0.2) is 5.60 Å². The minimum absolute atomic E-state index is 0.447. The lowest BCUT2D eigenvalue weighted by atomic mass is 9.82. The predicted octanol–water partition coefficient (Wildman–Crippen LogP) is 5.56. The largest absolute Gasteiger partial charge is 0.481 e. The van der Waals surface area contributed by atoms with Gasteiger partial charge in [0.2, 0.25) is 5.88 Å². The Hall–Kier alpha value is -4.97. The second-order valence-corrected chi connectivity index (χ2v) is 10.1. The van der Waals surface area contributed by atoms with Gasteiger partial charge in [0.25, 0.3) is 0 Å². The molecule has 0 aliphatic carbocycles. The maximum Gasteiger partial charge on any atom is 0.218 e. The van der Waals surface area contributed by atoms with E-state index >= 15 is 0 Å². The number of aryl methyl sites for hydroxylation is 1. The molecule has 3 heterocycles. The van der Waals surface area contributed by atoms with Gasteiger partial charge >= 0.3 is 0 Å². The van der Waals surface area contributed by atoms with Gasteiger partial charge in [-0.2, -0.15) is 5.26 Å². The van der Waals surface area contributed by atoms with Gasteiger partial charge < -0.3 is 19.0 Å². The summed E-state index contributed by atoms with van der Waals surface area (Å²) in [6.45, 7) is 0. The zero-order valence-electron chi connectivity index (χ0n) is 22.4. The van der Waals surface area contributed by atoms with Crippen LogP contribution in [-0.2, 0) is 19.1 Å². The van der Waals surface area contributed by atoms with Crippen LogP contribution in [0.25, 0.3) is 16.6 Å². The number of aliphatic hydroxyl groups is 1. The highest BCUT2D eigenvalue weighted by Gasteiger charge is 2.37. The SMILES string of the molecule is COc1nc2ccc(C(O)(c3ccc(C#N)cc3)c3cncn3C)cc2c(Cl)c1Cc1ccc(-n2ccnc2)cc1. The Labute approximate surface area is 241 Å². The second kappa shape index (κ2) is 10.5. The number of fused-ring (bicyclic) bond motifs is 1. The average Bonchev–Trinajstić information content (AvgIpc) is 3.71. The molecule has 0 aliphatic rings. The van der Waals surface area contributed by atoms with Crippen LogP contribution in [0, 0.1) is 11.3 Å². The van der Waals surface area contributed by atoms with Crippen LogP contribution in [0.3, 0.4) is 0 Å². The lowest BCUT2D eigenvalue weighted by Crippen LogP contribution is -2.31. The van der Waals surface area contributed by atoms with E-state index in [0.29, 0.717) is 50.6 Å². The van der Waals surface area contributed by atoms with Gasteiger partial charge in [0.1, 0.15) is 0 Å². The van der Waals surface area contributed by atoms with E-state index in [9.17, 15) is 10.4 Å². The fraction of sp³-hybridized carbons (Fsp3) is 0.125. The van der Waals surface area contributed by atoms with Crippen LogP contribution in [0.15, 0.2) is 98.0 Å². The molecule has 6 aromatic rings. The van der Waals surface area contributed by atoms with Gasteiger partial charge in [-0.1, -0.05) is 41.9 Å². The van der Waals surface area contributed by atoms with Crippen molar-refractivity contribution in [2.45, 2.75) is 12.0 Å². The quantitative estimate of drug-likeness (QED) is 0.274. The third kappa shape index (κ3) is 4.61. The molecule has 0 aliphatic heterocycles. The number of hydrogen-bond acceptors (Lipinski definition) is 6. The normalized spacial score (nSPS) is 12.7. The van der Waals surface area contributed by atoms with Gasteiger partial charge in [-0.3, -0.25) is 0 Å². The molecule has 3 aromatic heterocycles. The van der Waals surface area contributed by atoms with Gasteiger partial charge in [0.05, 0.1) is 53.8 Å². The summed E-state index contributed by atoms with van der Waals surface area (Å²) >= 11 is 7.08. The van der Waals surface area contributed by atoms with Gasteiger partial charge in [-0.15, -0.1) is 0 Å². The maximum absolute atomic E-state index is 12.4. The molecule has 0 fully saturated rings. The number of nitriles is 1. The lowest BCUT2D eigenvalue weighted by Gasteiger charge is -2.30. The molecule has 8 nitrogen and oxygen atoms in total. The van der Waals surface area contributed by atoms with Crippen molar-refractivity contribution in [3.63, 3.8) is 0 Å². The van der Waals surface area contributed by atoms with Gasteiger partial charge in [-0.05, 0) is 53.1 Å². The van der Waals surface area contributed by atoms with Crippen molar-refractivity contribution in [2.24, 2.45) is 7.05 Å². The first-order valence-electron chi connectivity index (χ1n) is 12.9. The van der Waals surface area contributed by atoms with Crippen molar-refractivity contribution in [1.29, 1.82) is 5.26 Å². The van der Waals surface area contributed by atoms with Crippen molar-refractivity contribution in [1.82, 2.24) is 24.1 Å². The van der Waals surface area contributed by atoms with E-state index in [1.807, 2.05) is 60.3 Å². The van der Waals surface area contributed by atoms with Crippen molar-refractivity contribution >= 4 is 22.5 Å². The molecule has 1 atom stereocenters. The van der Waals surface area contributed by atoms with Crippen molar-refractivity contribution in [2.75, 3.05) is 7.11 Å². The number of imidazole rings is 2. The van der Waals surface area contributed by atoms with E-state index in [-0.39, 0.29) is 0 Å². The molecule has 0 radical (unpaired) electrons. The van der Waals surface area contributed by atoms with Crippen molar-refractivity contribution < 1.29 is 9.84 Å². The minimum atomic E-state index is -1.57. The van der Waals surface area contributed by atoms with Crippen molar-refractivity contribution in [3.8, 4) is 17.6 Å². The minimum Gasteiger partial charge on any atom is -0.481 e. The Kier molecular flexibility index (Phi) is 6.75. The molecule has 6 rings (SSSR count). The Morgan fingerprint density at radius 2 is 1.76 bits per heavy atom. The van der Waals surface area contributed by atoms with Crippen LogP contribution in [0.1, 0.15) is 33.5 Å². The van der Waals surface area contributed by atoms with E-state index in [4.69, 9.17) is 21.3 Å². The Balaban J connectivity index is 1.46. The summed E-state index contributed by atoms with van der Waals surface area (Å²) in [6.07, 6.45) is 9.16. The number of nitrogens with zero attached hydrogens (tertiary/aromatic N) is 6. The first-order valence-corrected chi connectivity index (χ1v) is 13.2. The predicted molar refractivity (Wildman–Crippen MR) is 156 cm³/mol. The first kappa shape index (κ1) is 26.3. The lowest BCUT2D eigenvalue weighted by molar-refractivity contribution is 0.117. The Bertz CT molecular complexity index is 1890. The smallest absolute Gasteiger partial charge is 0.218 e. The maximum atomic E-state index is 12.4. The van der Waals surface area contributed by atoms with Crippen molar-refractivity contribution in [3.05, 3.63) is 137 Å². The van der Waals surface area contributed by atoms with Crippen LogP contribution < -0.4 is 4.74 Å². The van der Waals surface area contributed by atoms with E-state index in [1.54, 1.807) is 61.0 Å². The molecule has 0 saturated carbocycles. The molecular formula is C32H25ClN6O2. The van der Waals surface area contributed by atoms with E-state index in [2.05, 4.69) is 16.0 Å².